The Morgan fingerprint density at radius 2 is 1.73 bits per heavy atom. The summed E-state index contributed by atoms with van der Waals surface area (Å²) in [6, 6.07) is 11.5. The second-order valence-corrected chi connectivity index (χ2v) is 11.3. The Morgan fingerprint density at radius 1 is 1.00 bits per heavy atom. The van der Waals surface area contributed by atoms with Crippen molar-refractivity contribution in [1.82, 2.24) is 24.5 Å². The Hall–Kier alpha value is -4.28. The molecule has 0 aliphatic carbocycles. The molecule has 5 rings (SSSR count). The summed E-state index contributed by atoms with van der Waals surface area (Å²) in [6.45, 7) is 8.61. The largest absolute Gasteiger partial charge is 0.497 e. The SMILES string of the molecule is COc1ccc(CNc2nc3cc(OC)ccc3c3nc(C4CCC(C)N(C(=O)OC(C)(C)C)C4)nn23)c(OC)c1. The van der Waals surface area contributed by atoms with E-state index in [0.717, 1.165) is 29.3 Å². The molecule has 11 heteroatoms. The highest BCUT2D eigenvalue weighted by atomic mass is 16.6. The highest BCUT2D eigenvalue weighted by Gasteiger charge is 2.34. The fraction of sp³-hybridized carbons (Fsp3) is 0.467. The number of likely N-dealkylation sites (tertiary alicyclic amines) is 1. The van der Waals surface area contributed by atoms with E-state index in [-0.39, 0.29) is 18.1 Å². The fourth-order valence-corrected chi connectivity index (χ4v) is 5.08. The molecule has 2 atom stereocenters. The molecule has 218 valence electrons. The maximum absolute atomic E-state index is 13.0. The number of carbonyl (C=O) groups excluding carboxylic acids is 1. The molecule has 2 aromatic heterocycles. The van der Waals surface area contributed by atoms with Crippen LogP contribution < -0.4 is 19.5 Å². The number of hydrogen-bond donors (Lipinski definition) is 1. The molecule has 0 spiro atoms. The zero-order valence-corrected chi connectivity index (χ0v) is 24.7. The summed E-state index contributed by atoms with van der Waals surface area (Å²) < 4.78 is 23.8. The first kappa shape index (κ1) is 28.3. The van der Waals surface area contributed by atoms with Gasteiger partial charge in [0, 0.05) is 48.1 Å². The molecule has 4 aromatic rings. The first-order valence-electron chi connectivity index (χ1n) is 13.8. The maximum atomic E-state index is 13.0. The van der Waals surface area contributed by atoms with Crippen molar-refractivity contribution in [2.75, 3.05) is 33.2 Å². The molecule has 1 amide bonds. The van der Waals surface area contributed by atoms with Gasteiger partial charge in [0.2, 0.25) is 5.95 Å². The van der Waals surface area contributed by atoms with E-state index in [0.29, 0.717) is 47.8 Å². The van der Waals surface area contributed by atoms with Crippen molar-refractivity contribution in [3.05, 3.63) is 47.8 Å². The van der Waals surface area contributed by atoms with Crippen molar-refractivity contribution in [1.29, 1.82) is 0 Å². The van der Waals surface area contributed by atoms with Crippen molar-refractivity contribution in [2.24, 2.45) is 0 Å². The summed E-state index contributed by atoms with van der Waals surface area (Å²) in [5.74, 6) is 3.28. The minimum absolute atomic E-state index is 0.0403. The number of nitrogens with zero attached hydrogens (tertiary/aromatic N) is 5. The van der Waals surface area contributed by atoms with Crippen LogP contribution in [0.4, 0.5) is 10.7 Å². The van der Waals surface area contributed by atoms with Gasteiger partial charge in [-0.1, -0.05) is 0 Å². The molecule has 1 N–H and O–H groups in total. The number of fused-ring (bicyclic) bond motifs is 3. The fourth-order valence-electron chi connectivity index (χ4n) is 5.08. The van der Waals surface area contributed by atoms with Crippen molar-refractivity contribution in [3.8, 4) is 17.2 Å². The van der Waals surface area contributed by atoms with Crippen molar-refractivity contribution < 1.29 is 23.7 Å². The highest BCUT2D eigenvalue weighted by Crippen LogP contribution is 2.32. The Bertz CT molecular complexity index is 1560. The third-order valence-corrected chi connectivity index (χ3v) is 7.30. The summed E-state index contributed by atoms with van der Waals surface area (Å²) in [4.78, 5) is 24.7. The number of rotatable bonds is 7. The Kier molecular flexibility index (Phi) is 7.79. The first-order valence-corrected chi connectivity index (χ1v) is 13.8. The van der Waals surface area contributed by atoms with Gasteiger partial charge in [0.25, 0.3) is 0 Å². The second kappa shape index (κ2) is 11.3. The van der Waals surface area contributed by atoms with Gasteiger partial charge < -0.3 is 29.2 Å². The van der Waals surface area contributed by atoms with Gasteiger partial charge in [-0.25, -0.2) is 14.8 Å². The lowest BCUT2D eigenvalue weighted by molar-refractivity contribution is 0.00938. The van der Waals surface area contributed by atoms with Crippen LogP contribution in [0.2, 0.25) is 0 Å². The van der Waals surface area contributed by atoms with Crippen LogP contribution in [0.15, 0.2) is 36.4 Å². The predicted molar refractivity (Wildman–Crippen MR) is 156 cm³/mol. The lowest BCUT2D eigenvalue weighted by atomic mass is 9.93. The number of amides is 1. The van der Waals surface area contributed by atoms with Crippen LogP contribution in [-0.2, 0) is 11.3 Å². The number of piperidine rings is 1. The zero-order valence-electron chi connectivity index (χ0n) is 24.7. The Labute approximate surface area is 239 Å². The summed E-state index contributed by atoms with van der Waals surface area (Å²) in [5.41, 5.74) is 1.78. The third-order valence-electron chi connectivity index (χ3n) is 7.30. The number of hydrogen-bond acceptors (Lipinski definition) is 9. The standard InChI is InChI=1S/C30H38N6O5/c1-18-8-9-20(17-35(18)29(37)41-30(2,3)4)26-33-27-23-13-12-21(38-5)14-24(23)32-28(36(27)34-26)31-16-19-10-11-22(39-6)15-25(19)40-7/h10-15,18,20H,8-9,16-17H2,1-7H3,(H,31,32). The van der Waals surface area contributed by atoms with Gasteiger partial charge >= 0.3 is 6.09 Å². The number of nitrogens with one attached hydrogen (secondary N) is 1. The van der Waals surface area contributed by atoms with E-state index in [2.05, 4.69) is 12.2 Å². The van der Waals surface area contributed by atoms with E-state index < -0.39 is 5.60 Å². The summed E-state index contributed by atoms with van der Waals surface area (Å²) >= 11 is 0. The van der Waals surface area contributed by atoms with Gasteiger partial charge in [-0.2, -0.15) is 4.52 Å². The van der Waals surface area contributed by atoms with Crippen LogP contribution in [0.3, 0.4) is 0 Å². The van der Waals surface area contributed by atoms with E-state index in [1.165, 1.54) is 0 Å². The minimum Gasteiger partial charge on any atom is -0.497 e. The number of ether oxygens (including phenoxy) is 4. The zero-order chi connectivity index (χ0) is 29.3. The molecule has 0 bridgehead atoms. The number of methoxy groups -OCH3 is 3. The number of anilines is 1. The van der Waals surface area contributed by atoms with E-state index in [1.54, 1.807) is 30.7 Å². The van der Waals surface area contributed by atoms with Crippen molar-refractivity contribution in [2.45, 2.75) is 64.6 Å². The highest BCUT2D eigenvalue weighted by molar-refractivity contribution is 5.93. The molecule has 1 aliphatic heterocycles. The lowest BCUT2D eigenvalue weighted by Crippen LogP contribution is -2.47. The monoisotopic (exact) mass is 562 g/mol. The van der Waals surface area contributed by atoms with Crippen LogP contribution in [0.5, 0.6) is 17.2 Å². The number of carbonyl (C=O) groups is 1. The number of benzene rings is 2. The van der Waals surface area contributed by atoms with Crippen molar-refractivity contribution >= 4 is 28.6 Å². The van der Waals surface area contributed by atoms with Crippen molar-refractivity contribution in [3.63, 3.8) is 0 Å². The summed E-state index contributed by atoms with van der Waals surface area (Å²) in [5, 5.41) is 9.20. The van der Waals surface area contributed by atoms with E-state index in [9.17, 15) is 4.79 Å². The van der Waals surface area contributed by atoms with Crippen LogP contribution in [0.1, 0.15) is 57.8 Å². The quantitative estimate of drug-likeness (QED) is 0.316. The van der Waals surface area contributed by atoms with Gasteiger partial charge in [0.1, 0.15) is 22.8 Å². The van der Waals surface area contributed by atoms with Crippen LogP contribution in [0, 0.1) is 0 Å². The van der Waals surface area contributed by atoms with Gasteiger partial charge in [0.15, 0.2) is 11.5 Å². The molecule has 0 saturated carbocycles. The molecule has 0 radical (unpaired) electrons. The van der Waals surface area contributed by atoms with Crippen LogP contribution in [0.25, 0.3) is 16.6 Å². The Morgan fingerprint density at radius 3 is 2.44 bits per heavy atom. The second-order valence-electron chi connectivity index (χ2n) is 11.3. The van der Waals surface area contributed by atoms with E-state index in [1.807, 2.05) is 57.2 Å². The van der Waals surface area contributed by atoms with Gasteiger partial charge in [-0.3, -0.25) is 0 Å². The van der Waals surface area contributed by atoms with E-state index >= 15 is 0 Å². The van der Waals surface area contributed by atoms with E-state index in [4.69, 9.17) is 34.0 Å². The topological polar surface area (TPSA) is 112 Å². The summed E-state index contributed by atoms with van der Waals surface area (Å²) in [7, 11) is 4.88. The van der Waals surface area contributed by atoms with Gasteiger partial charge in [0.05, 0.1) is 26.8 Å². The Balaban J connectivity index is 1.51. The number of aromatic nitrogens is 4. The average Bonchev–Trinajstić information content (AvgIpc) is 3.40. The molecule has 1 fully saturated rings. The van der Waals surface area contributed by atoms with Gasteiger partial charge in [-0.15, -0.1) is 5.10 Å². The van der Waals surface area contributed by atoms with Crippen LogP contribution in [-0.4, -0.2) is 70.1 Å². The molecule has 41 heavy (non-hydrogen) atoms. The molecular weight excluding hydrogens is 524 g/mol. The summed E-state index contributed by atoms with van der Waals surface area (Å²) in [6.07, 6.45) is 1.38. The van der Waals surface area contributed by atoms with Crippen LogP contribution >= 0.6 is 0 Å². The predicted octanol–water partition coefficient (Wildman–Crippen LogP) is 5.42. The molecule has 11 nitrogen and oxygen atoms in total. The molecule has 1 saturated heterocycles. The molecule has 2 aromatic carbocycles. The smallest absolute Gasteiger partial charge is 0.410 e. The third kappa shape index (κ3) is 5.94. The minimum atomic E-state index is -0.566. The normalized spacial score (nSPS) is 17.5. The molecular formula is C30H38N6O5. The molecule has 3 heterocycles. The lowest BCUT2D eigenvalue weighted by Gasteiger charge is -2.37. The first-order chi connectivity index (χ1) is 19.6. The average molecular weight is 563 g/mol. The maximum Gasteiger partial charge on any atom is 0.410 e. The molecule has 1 aliphatic rings. The molecule has 2 unspecified atom stereocenters. The van der Waals surface area contributed by atoms with Gasteiger partial charge in [-0.05, 0) is 64.8 Å².